The van der Waals surface area contributed by atoms with Crippen LogP contribution in [0.2, 0.25) is 0 Å². The number of esters is 1. The Labute approximate surface area is 112 Å². The van der Waals surface area contributed by atoms with Gasteiger partial charge in [-0.1, -0.05) is 13.8 Å². The summed E-state index contributed by atoms with van der Waals surface area (Å²) in [5.41, 5.74) is -0.0286. The van der Waals surface area contributed by atoms with Gasteiger partial charge in [-0.3, -0.25) is 0 Å². The van der Waals surface area contributed by atoms with E-state index in [0.29, 0.717) is 6.54 Å². The largest absolute Gasteiger partial charge is 0.465 e. The molecule has 106 valence electrons. The standard InChI is InChI=1S/C14H19F2NO2/c1-4-19-14(18)13(17-8-9(2)3)11-7-10(15)5-6-12(11)16/h5-7,9,13,17H,4,8H2,1-3H3. The number of nitrogens with one attached hydrogen (secondary N) is 1. The Morgan fingerprint density at radius 2 is 2.05 bits per heavy atom. The van der Waals surface area contributed by atoms with Gasteiger partial charge in [0, 0.05) is 5.56 Å². The Morgan fingerprint density at radius 3 is 2.63 bits per heavy atom. The molecule has 0 saturated carbocycles. The third kappa shape index (κ3) is 4.59. The maximum absolute atomic E-state index is 13.7. The minimum absolute atomic E-state index is 0.0286. The molecule has 3 nitrogen and oxygen atoms in total. The van der Waals surface area contributed by atoms with Crippen LogP contribution < -0.4 is 5.32 Å². The predicted octanol–water partition coefficient (Wildman–Crippen LogP) is 2.81. The van der Waals surface area contributed by atoms with Crippen molar-refractivity contribution in [2.24, 2.45) is 5.92 Å². The van der Waals surface area contributed by atoms with Crippen LogP contribution in [0.3, 0.4) is 0 Å². The maximum Gasteiger partial charge on any atom is 0.327 e. The first-order valence-corrected chi connectivity index (χ1v) is 6.30. The van der Waals surface area contributed by atoms with Crippen LogP contribution in [0, 0.1) is 17.6 Å². The summed E-state index contributed by atoms with van der Waals surface area (Å²) in [5.74, 6) is -1.55. The minimum atomic E-state index is -0.988. The number of hydrogen-bond acceptors (Lipinski definition) is 3. The summed E-state index contributed by atoms with van der Waals surface area (Å²) in [7, 11) is 0. The molecule has 0 aromatic heterocycles. The van der Waals surface area contributed by atoms with Gasteiger partial charge in [-0.25, -0.2) is 13.6 Å². The van der Waals surface area contributed by atoms with Crippen LogP contribution in [0.4, 0.5) is 8.78 Å². The molecule has 1 aromatic carbocycles. The predicted molar refractivity (Wildman–Crippen MR) is 68.6 cm³/mol. The highest BCUT2D eigenvalue weighted by Gasteiger charge is 2.25. The summed E-state index contributed by atoms with van der Waals surface area (Å²) in [6.07, 6.45) is 0. The van der Waals surface area contributed by atoms with Crippen molar-refractivity contribution in [3.8, 4) is 0 Å². The van der Waals surface area contributed by atoms with Crippen LogP contribution in [0.15, 0.2) is 18.2 Å². The van der Waals surface area contributed by atoms with Crippen molar-refractivity contribution in [1.29, 1.82) is 0 Å². The normalized spacial score (nSPS) is 12.5. The SMILES string of the molecule is CCOC(=O)C(NCC(C)C)c1cc(F)ccc1F. The zero-order valence-corrected chi connectivity index (χ0v) is 11.4. The highest BCUT2D eigenvalue weighted by atomic mass is 19.1. The summed E-state index contributed by atoms with van der Waals surface area (Å²) in [6, 6.07) is 2.06. The van der Waals surface area contributed by atoms with E-state index in [0.717, 1.165) is 18.2 Å². The Hall–Kier alpha value is -1.49. The first-order chi connectivity index (χ1) is 8.95. The van der Waals surface area contributed by atoms with E-state index in [9.17, 15) is 13.6 Å². The molecule has 1 aromatic rings. The molecule has 5 heteroatoms. The lowest BCUT2D eigenvalue weighted by atomic mass is 10.1. The Balaban J connectivity index is 3.00. The van der Waals surface area contributed by atoms with E-state index in [1.165, 1.54) is 0 Å². The lowest BCUT2D eigenvalue weighted by Crippen LogP contribution is -2.33. The number of rotatable bonds is 6. The van der Waals surface area contributed by atoms with Crippen LogP contribution >= 0.6 is 0 Å². The quantitative estimate of drug-likeness (QED) is 0.809. The van der Waals surface area contributed by atoms with E-state index in [1.54, 1.807) is 6.92 Å². The van der Waals surface area contributed by atoms with E-state index < -0.39 is 23.6 Å². The molecular formula is C14H19F2NO2. The molecule has 0 heterocycles. The average Bonchev–Trinajstić information content (AvgIpc) is 2.33. The molecule has 0 radical (unpaired) electrons. The van der Waals surface area contributed by atoms with Crippen molar-refractivity contribution in [1.82, 2.24) is 5.32 Å². The number of carbonyl (C=O) groups is 1. The van der Waals surface area contributed by atoms with Crippen molar-refractivity contribution >= 4 is 5.97 Å². The van der Waals surface area contributed by atoms with Gasteiger partial charge in [0.25, 0.3) is 0 Å². The van der Waals surface area contributed by atoms with Crippen LogP contribution in [0.25, 0.3) is 0 Å². The fourth-order valence-electron chi connectivity index (χ4n) is 1.64. The number of ether oxygens (including phenoxy) is 1. The summed E-state index contributed by atoms with van der Waals surface area (Å²) in [6.45, 7) is 6.27. The molecule has 0 aliphatic heterocycles. The van der Waals surface area contributed by atoms with Crippen LogP contribution in [0.5, 0.6) is 0 Å². The average molecular weight is 271 g/mol. The van der Waals surface area contributed by atoms with Crippen LogP contribution in [-0.4, -0.2) is 19.1 Å². The second-order valence-corrected chi connectivity index (χ2v) is 4.65. The van der Waals surface area contributed by atoms with Crippen molar-refractivity contribution in [2.75, 3.05) is 13.2 Å². The smallest absolute Gasteiger partial charge is 0.327 e. The monoisotopic (exact) mass is 271 g/mol. The van der Waals surface area contributed by atoms with Crippen LogP contribution in [0.1, 0.15) is 32.4 Å². The minimum Gasteiger partial charge on any atom is -0.465 e. The molecule has 0 saturated heterocycles. The highest BCUT2D eigenvalue weighted by Crippen LogP contribution is 2.20. The van der Waals surface area contributed by atoms with Gasteiger partial charge < -0.3 is 10.1 Å². The zero-order valence-electron chi connectivity index (χ0n) is 11.4. The van der Waals surface area contributed by atoms with Gasteiger partial charge in [0.05, 0.1) is 6.61 Å². The lowest BCUT2D eigenvalue weighted by molar-refractivity contribution is -0.146. The van der Waals surface area contributed by atoms with Gasteiger partial charge in [0.2, 0.25) is 0 Å². The fraction of sp³-hybridized carbons (Fsp3) is 0.500. The zero-order chi connectivity index (χ0) is 14.4. The molecule has 0 spiro atoms. The Kier molecular flexibility index (Phi) is 5.89. The molecule has 19 heavy (non-hydrogen) atoms. The molecule has 0 bridgehead atoms. The second kappa shape index (κ2) is 7.19. The second-order valence-electron chi connectivity index (χ2n) is 4.65. The molecule has 1 atom stereocenters. The van der Waals surface area contributed by atoms with E-state index in [2.05, 4.69) is 5.32 Å². The number of hydrogen-bond donors (Lipinski definition) is 1. The van der Waals surface area contributed by atoms with Gasteiger partial charge in [0.1, 0.15) is 17.7 Å². The molecule has 1 rings (SSSR count). The fourth-order valence-corrected chi connectivity index (χ4v) is 1.64. The Bertz CT molecular complexity index is 435. The van der Waals surface area contributed by atoms with E-state index in [4.69, 9.17) is 4.74 Å². The molecule has 1 unspecified atom stereocenters. The van der Waals surface area contributed by atoms with E-state index >= 15 is 0 Å². The van der Waals surface area contributed by atoms with Gasteiger partial charge in [-0.15, -0.1) is 0 Å². The van der Waals surface area contributed by atoms with Crippen LogP contribution in [-0.2, 0) is 9.53 Å². The third-order valence-electron chi connectivity index (χ3n) is 2.52. The van der Waals surface area contributed by atoms with Crippen molar-refractivity contribution in [2.45, 2.75) is 26.8 Å². The van der Waals surface area contributed by atoms with Crippen molar-refractivity contribution in [3.63, 3.8) is 0 Å². The van der Waals surface area contributed by atoms with Gasteiger partial charge in [0.15, 0.2) is 0 Å². The molecule has 0 aliphatic rings. The maximum atomic E-state index is 13.7. The van der Waals surface area contributed by atoms with Gasteiger partial charge in [-0.2, -0.15) is 0 Å². The topological polar surface area (TPSA) is 38.3 Å². The van der Waals surface area contributed by atoms with Gasteiger partial charge >= 0.3 is 5.97 Å². The van der Waals surface area contributed by atoms with E-state index in [-0.39, 0.29) is 18.1 Å². The molecule has 1 N–H and O–H groups in total. The number of benzene rings is 1. The summed E-state index contributed by atoms with van der Waals surface area (Å²) < 4.78 is 31.8. The van der Waals surface area contributed by atoms with Gasteiger partial charge in [-0.05, 0) is 37.6 Å². The first-order valence-electron chi connectivity index (χ1n) is 6.30. The summed E-state index contributed by atoms with van der Waals surface area (Å²) in [4.78, 5) is 11.8. The number of halogens is 2. The molecule has 0 amide bonds. The summed E-state index contributed by atoms with van der Waals surface area (Å²) in [5, 5.41) is 2.91. The Morgan fingerprint density at radius 1 is 1.37 bits per heavy atom. The third-order valence-corrected chi connectivity index (χ3v) is 2.52. The lowest BCUT2D eigenvalue weighted by Gasteiger charge is -2.19. The first kappa shape index (κ1) is 15.6. The highest BCUT2D eigenvalue weighted by molar-refractivity contribution is 5.77. The molecule has 0 aliphatic carbocycles. The summed E-state index contributed by atoms with van der Waals surface area (Å²) >= 11 is 0. The van der Waals surface area contributed by atoms with Crippen molar-refractivity contribution < 1.29 is 18.3 Å². The molecule has 0 fully saturated rings. The molecular weight excluding hydrogens is 252 g/mol. The van der Waals surface area contributed by atoms with Crippen molar-refractivity contribution in [3.05, 3.63) is 35.4 Å². The number of carbonyl (C=O) groups excluding carboxylic acids is 1. The van der Waals surface area contributed by atoms with E-state index in [1.807, 2.05) is 13.8 Å².